The minimum absolute atomic E-state index is 0.0356. The van der Waals surface area contributed by atoms with E-state index in [2.05, 4.69) is 20.5 Å². The van der Waals surface area contributed by atoms with Crippen LogP contribution in [0.5, 0.6) is 0 Å². The zero-order valence-corrected chi connectivity index (χ0v) is 10.5. The van der Waals surface area contributed by atoms with Gasteiger partial charge in [0, 0.05) is 19.3 Å². The molecule has 2 unspecified atom stereocenters. The molecule has 0 spiro atoms. The highest BCUT2D eigenvalue weighted by molar-refractivity contribution is 7.99. The molecule has 2 aromatic heterocycles. The SMILES string of the molecule is CC(N)C(Sc1nnnn1C)c1ccccn1. The van der Waals surface area contributed by atoms with Crippen molar-refractivity contribution >= 4 is 11.8 Å². The molecule has 2 aromatic rings. The molecule has 0 aromatic carbocycles. The van der Waals surface area contributed by atoms with Crippen molar-refractivity contribution in [3.8, 4) is 0 Å². The summed E-state index contributed by atoms with van der Waals surface area (Å²) < 4.78 is 1.63. The zero-order valence-electron chi connectivity index (χ0n) is 9.69. The maximum Gasteiger partial charge on any atom is 0.209 e. The molecule has 0 aliphatic heterocycles. The lowest BCUT2D eigenvalue weighted by Gasteiger charge is -2.18. The number of aromatic nitrogens is 5. The van der Waals surface area contributed by atoms with E-state index in [4.69, 9.17) is 5.73 Å². The molecule has 0 saturated heterocycles. The summed E-state index contributed by atoms with van der Waals surface area (Å²) in [6.07, 6.45) is 1.76. The third-order valence-electron chi connectivity index (χ3n) is 2.27. The van der Waals surface area contributed by atoms with Crippen molar-refractivity contribution in [3.05, 3.63) is 30.1 Å². The van der Waals surface area contributed by atoms with Gasteiger partial charge in [-0.25, -0.2) is 4.68 Å². The van der Waals surface area contributed by atoms with E-state index in [1.165, 1.54) is 11.8 Å². The first-order chi connectivity index (χ1) is 8.18. The molecular weight excluding hydrogens is 236 g/mol. The van der Waals surface area contributed by atoms with Gasteiger partial charge < -0.3 is 5.73 Å². The summed E-state index contributed by atoms with van der Waals surface area (Å²) in [5.41, 5.74) is 6.94. The van der Waals surface area contributed by atoms with Crippen LogP contribution in [-0.4, -0.2) is 31.2 Å². The van der Waals surface area contributed by atoms with Crippen LogP contribution in [0.3, 0.4) is 0 Å². The molecule has 0 aliphatic rings. The molecule has 90 valence electrons. The van der Waals surface area contributed by atoms with Crippen LogP contribution in [0.15, 0.2) is 29.6 Å². The Morgan fingerprint density at radius 2 is 2.24 bits per heavy atom. The van der Waals surface area contributed by atoms with E-state index in [0.717, 1.165) is 10.9 Å². The van der Waals surface area contributed by atoms with Gasteiger partial charge in [-0.1, -0.05) is 17.8 Å². The second-order valence-electron chi connectivity index (χ2n) is 3.74. The summed E-state index contributed by atoms with van der Waals surface area (Å²) in [6.45, 7) is 1.95. The van der Waals surface area contributed by atoms with Crippen molar-refractivity contribution in [1.82, 2.24) is 25.2 Å². The number of hydrogen-bond donors (Lipinski definition) is 1. The first-order valence-corrected chi connectivity index (χ1v) is 6.12. The highest BCUT2D eigenvalue weighted by atomic mass is 32.2. The lowest BCUT2D eigenvalue weighted by Crippen LogP contribution is -2.23. The van der Waals surface area contributed by atoms with Gasteiger partial charge in [0.2, 0.25) is 5.16 Å². The summed E-state index contributed by atoms with van der Waals surface area (Å²) in [7, 11) is 1.80. The van der Waals surface area contributed by atoms with Gasteiger partial charge in [-0.05, 0) is 29.5 Å². The first kappa shape index (κ1) is 12.0. The first-order valence-electron chi connectivity index (χ1n) is 5.24. The van der Waals surface area contributed by atoms with Crippen molar-refractivity contribution in [2.75, 3.05) is 0 Å². The van der Waals surface area contributed by atoms with Crippen LogP contribution in [0, 0.1) is 0 Å². The number of tetrazole rings is 1. The van der Waals surface area contributed by atoms with Crippen molar-refractivity contribution in [2.24, 2.45) is 12.8 Å². The molecule has 0 fully saturated rings. The summed E-state index contributed by atoms with van der Waals surface area (Å²) in [5.74, 6) is 0. The van der Waals surface area contributed by atoms with Crippen molar-refractivity contribution in [2.45, 2.75) is 23.4 Å². The largest absolute Gasteiger partial charge is 0.327 e. The van der Waals surface area contributed by atoms with Crippen LogP contribution >= 0.6 is 11.8 Å². The topological polar surface area (TPSA) is 82.5 Å². The zero-order chi connectivity index (χ0) is 12.3. The third kappa shape index (κ3) is 2.80. The summed E-state index contributed by atoms with van der Waals surface area (Å²) in [4.78, 5) is 4.33. The molecular formula is C10H14N6S. The summed E-state index contributed by atoms with van der Waals surface area (Å²) >= 11 is 1.52. The average Bonchev–Trinajstić information content (AvgIpc) is 2.72. The fourth-order valence-corrected chi connectivity index (χ4v) is 2.39. The molecule has 0 radical (unpaired) electrons. The number of nitrogens with two attached hydrogens (primary N) is 1. The average molecular weight is 250 g/mol. The molecule has 7 heteroatoms. The Labute approximate surface area is 104 Å². The van der Waals surface area contributed by atoms with Crippen LogP contribution in [0.1, 0.15) is 17.9 Å². The van der Waals surface area contributed by atoms with Crippen LogP contribution in [-0.2, 0) is 7.05 Å². The van der Waals surface area contributed by atoms with Gasteiger partial charge in [0.25, 0.3) is 0 Å². The maximum atomic E-state index is 6.00. The van der Waals surface area contributed by atoms with Crippen molar-refractivity contribution in [3.63, 3.8) is 0 Å². The number of aryl methyl sites for hydroxylation is 1. The fraction of sp³-hybridized carbons (Fsp3) is 0.400. The molecule has 6 nitrogen and oxygen atoms in total. The van der Waals surface area contributed by atoms with Gasteiger partial charge in [-0.3, -0.25) is 4.98 Å². The van der Waals surface area contributed by atoms with E-state index in [0.29, 0.717) is 0 Å². The minimum atomic E-state index is -0.0356. The normalized spacial score (nSPS) is 14.5. The highest BCUT2D eigenvalue weighted by Crippen LogP contribution is 2.34. The van der Waals surface area contributed by atoms with Gasteiger partial charge >= 0.3 is 0 Å². The Morgan fingerprint density at radius 1 is 1.41 bits per heavy atom. The minimum Gasteiger partial charge on any atom is -0.327 e. The Balaban J connectivity index is 2.22. The summed E-state index contributed by atoms with van der Waals surface area (Å²) in [6, 6.07) is 5.76. The second kappa shape index (κ2) is 5.24. The second-order valence-corrected chi connectivity index (χ2v) is 4.85. The maximum absolute atomic E-state index is 6.00. The third-order valence-corrected chi connectivity index (χ3v) is 3.75. The molecule has 2 heterocycles. The predicted molar refractivity (Wildman–Crippen MR) is 65.3 cm³/mol. The van der Waals surface area contributed by atoms with Gasteiger partial charge in [0.15, 0.2) is 0 Å². The number of nitrogens with zero attached hydrogens (tertiary/aromatic N) is 5. The Hall–Kier alpha value is -1.47. The number of rotatable bonds is 4. The van der Waals surface area contributed by atoms with Crippen LogP contribution in [0.4, 0.5) is 0 Å². The van der Waals surface area contributed by atoms with Crippen molar-refractivity contribution < 1.29 is 0 Å². The molecule has 0 saturated carbocycles. The highest BCUT2D eigenvalue weighted by Gasteiger charge is 2.21. The Morgan fingerprint density at radius 3 is 2.76 bits per heavy atom. The van der Waals surface area contributed by atoms with Gasteiger partial charge in [0.05, 0.1) is 10.9 Å². The van der Waals surface area contributed by atoms with E-state index in [1.54, 1.807) is 17.9 Å². The Kier molecular flexibility index (Phi) is 3.70. The van der Waals surface area contributed by atoms with Gasteiger partial charge in [0.1, 0.15) is 0 Å². The number of thioether (sulfide) groups is 1. The molecule has 0 amide bonds. The molecule has 2 N–H and O–H groups in total. The van der Waals surface area contributed by atoms with Crippen LogP contribution in [0.2, 0.25) is 0 Å². The predicted octanol–water partition coefficient (Wildman–Crippen LogP) is 0.786. The molecule has 0 bridgehead atoms. The monoisotopic (exact) mass is 250 g/mol. The quantitative estimate of drug-likeness (QED) is 0.808. The molecule has 17 heavy (non-hydrogen) atoms. The van der Waals surface area contributed by atoms with Crippen molar-refractivity contribution in [1.29, 1.82) is 0 Å². The van der Waals surface area contributed by atoms with E-state index >= 15 is 0 Å². The Bertz CT molecular complexity index is 469. The standard InChI is InChI=1S/C10H14N6S/c1-7(11)9(8-5-3-4-6-12-8)17-10-13-14-15-16(10)2/h3-7,9H,11H2,1-2H3. The van der Waals surface area contributed by atoms with Gasteiger partial charge in [-0.2, -0.15) is 0 Å². The molecule has 2 atom stereocenters. The van der Waals surface area contributed by atoms with Gasteiger partial charge in [-0.15, -0.1) is 5.10 Å². The van der Waals surface area contributed by atoms with Crippen LogP contribution in [0.25, 0.3) is 0 Å². The van der Waals surface area contributed by atoms with E-state index < -0.39 is 0 Å². The van der Waals surface area contributed by atoms with Crippen LogP contribution < -0.4 is 5.73 Å². The lowest BCUT2D eigenvalue weighted by molar-refractivity contribution is 0.655. The smallest absolute Gasteiger partial charge is 0.209 e. The molecule has 0 aliphatic carbocycles. The van der Waals surface area contributed by atoms with E-state index in [-0.39, 0.29) is 11.3 Å². The summed E-state index contributed by atoms with van der Waals surface area (Å²) in [5, 5.41) is 12.1. The fourth-order valence-electron chi connectivity index (χ4n) is 1.42. The number of hydrogen-bond acceptors (Lipinski definition) is 6. The van der Waals surface area contributed by atoms with E-state index in [1.807, 2.05) is 25.1 Å². The number of pyridine rings is 1. The lowest BCUT2D eigenvalue weighted by atomic mass is 10.2. The molecule has 2 rings (SSSR count). The van der Waals surface area contributed by atoms with E-state index in [9.17, 15) is 0 Å².